The monoisotopic (exact) mass is 308 g/mol. The van der Waals surface area contributed by atoms with E-state index in [4.69, 9.17) is 0 Å². The standard InChI is InChI=1S/C17H28N2OS/c1-13(2)21-15-9-7-14(8-10-15)16(20)18-11-17(3,4)12-19(5)6/h7-10,13H,11-12H2,1-6H3,(H,18,20). The maximum Gasteiger partial charge on any atom is 0.251 e. The molecule has 1 amide bonds. The Labute approximate surface area is 133 Å². The predicted molar refractivity (Wildman–Crippen MR) is 92.1 cm³/mol. The molecule has 0 unspecified atom stereocenters. The zero-order chi connectivity index (χ0) is 16.0. The lowest BCUT2D eigenvalue weighted by Gasteiger charge is -2.28. The van der Waals surface area contributed by atoms with Crippen LogP contribution in [0.4, 0.5) is 0 Å². The number of carbonyl (C=O) groups excluding carboxylic acids is 1. The largest absolute Gasteiger partial charge is 0.351 e. The Balaban J connectivity index is 2.56. The van der Waals surface area contributed by atoms with E-state index < -0.39 is 0 Å². The Kier molecular flexibility index (Phi) is 6.75. The summed E-state index contributed by atoms with van der Waals surface area (Å²) in [6, 6.07) is 7.84. The molecule has 1 aromatic carbocycles. The van der Waals surface area contributed by atoms with Crippen molar-refractivity contribution < 1.29 is 4.79 Å². The quantitative estimate of drug-likeness (QED) is 0.782. The molecule has 0 aliphatic carbocycles. The molecule has 1 aromatic rings. The van der Waals surface area contributed by atoms with Crippen LogP contribution in [0.1, 0.15) is 38.1 Å². The Morgan fingerprint density at radius 2 is 1.81 bits per heavy atom. The summed E-state index contributed by atoms with van der Waals surface area (Å²) in [5.74, 6) is 0.00271. The summed E-state index contributed by atoms with van der Waals surface area (Å²) in [4.78, 5) is 15.5. The number of amides is 1. The van der Waals surface area contributed by atoms with E-state index in [2.05, 4.69) is 52.0 Å². The fourth-order valence-corrected chi connectivity index (χ4v) is 3.13. The SMILES string of the molecule is CC(C)Sc1ccc(C(=O)NCC(C)(C)CN(C)C)cc1. The molecular weight excluding hydrogens is 280 g/mol. The molecule has 0 aliphatic rings. The van der Waals surface area contributed by atoms with Crippen LogP contribution in [0.3, 0.4) is 0 Å². The number of hydrogen-bond acceptors (Lipinski definition) is 3. The van der Waals surface area contributed by atoms with Gasteiger partial charge in [0.1, 0.15) is 0 Å². The topological polar surface area (TPSA) is 32.3 Å². The van der Waals surface area contributed by atoms with Crippen LogP contribution in [-0.2, 0) is 0 Å². The number of rotatable bonds is 7. The van der Waals surface area contributed by atoms with Crippen LogP contribution in [0.15, 0.2) is 29.2 Å². The van der Waals surface area contributed by atoms with Crippen LogP contribution >= 0.6 is 11.8 Å². The number of nitrogens with zero attached hydrogens (tertiary/aromatic N) is 1. The molecule has 0 aliphatic heterocycles. The van der Waals surface area contributed by atoms with Crippen molar-refractivity contribution >= 4 is 17.7 Å². The van der Waals surface area contributed by atoms with Crippen molar-refractivity contribution in [2.24, 2.45) is 5.41 Å². The summed E-state index contributed by atoms with van der Waals surface area (Å²) < 4.78 is 0. The third-order valence-electron chi connectivity index (χ3n) is 2.96. The Morgan fingerprint density at radius 3 is 2.29 bits per heavy atom. The highest BCUT2D eigenvalue weighted by Crippen LogP contribution is 2.23. The van der Waals surface area contributed by atoms with Crippen LogP contribution in [0.25, 0.3) is 0 Å². The minimum Gasteiger partial charge on any atom is -0.351 e. The van der Waals surface area contributed by atoms with Crippen molar-refractivity contribution in [1.29, 1.82) is 0 Å². The van der Waals surface area contributed by atoms with Gasteiger partial charge in [0, 0.05) is 28.8 Å². The van der Waals surface area contributed by atoms with E-state index in [1.807, 2.05) is 24.3 Å². The molecule has 0 bridgehead atoms. The van der Waals surface area contributed by atoms with E-state index in [1.54, 1.807) is 11.8 Å². The van der Waals surface area contributed by atoms with Gasteiger partial charge in [-0.1, -0.05) is 27.7 Å². The van der Waals surface area contributed by atoms with Crippen LogP contribution in [-0.4, -0.2) is 43.2 Å². The molecule has 4 heteroatoms. The summed E-state index contributed by atoms with van der Waals surface area (Å²) in [6.07, 6.45) is 0. The molecule has 118 valence electrons. The molecule has 0 radical (unpaired) electrons. The number of hydrogen-bond donors (Lipinski definition) is 1. The first-order chi connectivity index (χ1) is 9.69. The van der Waals surface area contributed by atoms with Crippen molar-refractivity contribution in [2.45, 2.75) is 37.8 Å². The molecule has 3 nitrogen and oxygen atoms in total. The molecular formula is C17H28N2OS. The second kappa shape index (κ2) is 7.85. The van der Waals surface area contributed by atoms with Gasteiger partial charge < -0.3 is 10.2 Å². The average molecular weight is 308 g/mol. The number of benzene rings is 1. The van der Waals surface area contributed by atoms with E-state index in [0.29, 0.717) is 11.8 Å². The number of carbonyl (C=O) groups is 1. The minimum atomic E-state index is 0.00271. The van der Waals surface area contributed by atoms with Crippen LogP contribution in [0.5, 0.6) is 0 Å². The van der Waals surface area contributed by atoms with E-state index in [-0.39, 0.29) is 11.3 Å². The lowest BCUT2D eigenvalue weighted by Crippen LogP contribution is -2.39. The predicted octanol–water partition coefficient (Wildman–Crippen LogP) is 3.50. The summed E-state index contributed by atoms with van der Waals surface area (Å²) in [6.45, 7) is 10.3. The molecule has 0 spiro atoms. The van der Waals surface area contributed by atoms with E-state index >= 15 is 0 Å². The summed E-state index contributed by atoms with van der Waals surface area (Å²) in [7, 11) is 4.10. The van der Waals surface area contributed by atoms with Gasteiger partial charge in [-0.05, 0) is 43.8 Å². The van der Waals surface area contributed by atoms with E-state index in [0.717, 1.165) is 12.1 Å². The van der Waals surface area contributed by atoms with E-state index in [1.165, 1.54) is 4.90 Å². The lowest BCUT2D eigenvalue weighted by molar-refractivity contribution is 0.0929. The van der Waals surface area contributed by atoms with Crippen molar-refractivity contribution in [2.75, 3.05) is 27.2 Å². The Morgan fingerprint density at radius 1 is 1.24 bits per heavy atom. The molecule has 0 atom stereocenters. The number of nitrogens with one attached hydrogen (secondary N) is 1. The molecule has 1 rings (SSSR count). The fourth-order valence-electron chi connectivity index (χ4n) is 2.29. The van der Waals surface area contributed by atoms with Crippen LogP contribution in [0, 0.1) is 5.41 Å². The molecule has 1 N–H and O–H groups in total. The first-order valence-corrected chi connectivity index (χ1v) is 8.27. The second-order valence-electron chi connectivity index (χ2n) is 6.78. The average Bonchev–Trinajstić information content (AvgIpc) is 2.34. The van der Waals surface area contributed by atoms with Gasteiger partial charge in [0.2, 0.25) is 0 Å². The fraction of sp³-hybridized carbons (Fsp3) is 0.588. The van der Waals surface area contributed by atoms with Crippen LogP contribution in [0.2, 0.25) is 0 Å². The van der Waals surface area contributed by atoms with Crippen molar-refractivity contribution in [3.8, 4) is 0 Å². The normalized spacial score (nSPS) is 12.0. The maximum atomic E-state index is 12.2. The number of thioether (sulfide) groups is 1. The van der Waals surface area contributed by atoms with Crippen LogP contribution < -0.4 is 5.32 Å². The highest BCUT2D eigenvalue weighted by Gasteiger charge is 2.20. The van der Waals surface area contributed by atoms with Crippen molar-refractivity contribution in [1.82, 2.24) is 10.2 Å². The first-order valence-electron chi connectivity index (χ1n) is 7.39. The highest BCUT2D eigenvalue weighted by atomic mass is 32.2. The summed E-state index contributed by atoms with van der Waals surface area (Å²) in [5, 5.41) is 3.58. The van der Waals surface area contributed by atoms with Gasteiger partial charge in [-0.15, -0.1) is 11.8 Å². The third-order valence-corrected chi connectivity index (χ3v) is 3.98. The maximum absolute atomic E-state index is 12.2. The zero-order valence-electron chi connectivity index (χ0n) is 14.1. The zero-order valence-corrected chi connectivity index (χ0v) is 14.9. The van der Waals surface area contributed by atoms with Gasteiger partial charge in [0.05, 0.1) is 0 Å². The molecule has 0 aromatic heterocycles. The molecule has 0 saturated carbocycles. The second-order valence-corrected chi connectivity index (χ2v) is 8.43. The summed E-state index contributed by atoms with van der Waals surface area (Å²) >= 11 is 1.81. The van der Waals surface area contributed by atoms with Crippen molar-refractivity contribution in [3.63, 3.8) is 0 Å². The van der Waals surface area contributed by atoms with Gasteiger partial charge in [-0.25, -0.2) is 0 Å². The minimum absolute atomic E-state index is 0.00271. The molecule has 0 fully saturated rings. The van der Waals surface area contributed by atoms with Gasteiger partial charge >= 0.3 is 0 Å². The Bertz CT molecular complexity index is 452. The smallest absolute Gasteiger partial charge is 0.251 e. The van der Waals surface area contributed by atoms with Gasteiger partial charge in [0.15, 0.2) is 0 Å². The summed E-state index contributed by atoms with van der Waals surface area (Å²) in [5.41, 5.74) is 0.788. The van der Waals surface area contributed by atoms with E-state index in [9.17, 15) is 4.79 Å². The molecule has 0 heterocycles. The lowest BCUT2D eigenvalue weighted by atomic mass is 9.93. The Hall–Kier alpha value is -1.00. The third kappa shape index (κ3) is 7.00. The van der Waals surface area contributed by atoms with Gasteiger partial charge in [-0.3, -0.25) is 4.79 Å². The van der Waals surface area contributed by atoms with Gasteiger partial charge in [-0.2, -0.15) is 0 Å². The van der Waals surface area contributed by atoms with Gasteiger partial charge in [0.25, 0.3) is 5.91 Å². The molecule has 21 heavy (non-hydrogen) atoms. The highest BCUT2D eigenvalue weighted by molar-refractivity contribution is 7.99. The van der Waals surface area contributed by atoms with Crippen molar-refractivity contribution in [3.05, 3.63) is 29.8 Å². The first kappa shape index (κ1) is 18.1. The molecule has 0 saturated heterocycles.